The molecule has 0 atom stereocenters. The first-order valence-corrected chi connectivity index (χ1v) is 9.05. The number of piperazine rings is 1. The molecule has 5 nitrogen and oxygen atoms in total. The van der Waals surface area contributed by atoms with Gasteiger partial charge in [0.1, 0.15) is 0 Å². The highest BCUT2D eigenvalue weighted by molar-refractivity contribution is 6.34. The molecule has 1 aliphatic heterocycles. The molecule has 1 saturated carbocycles. The molecular weight excluding hydrogens is 326 g/mol. The number of nitrogens with one attached hydrogen (secondary N) is 1. The monoisotopic (exact) mass is 349 g/mol. The Balaban J connectivity index is 1.55. The fraction of sp³-hybridized carbons (Fsp3) is 0.556. The molecule has 130 valence electrons. The maximum atomic E-state index is 12.5. The Morgan fingerprint density at radius 3 is 2.58 bits per heavy atom. The minimum atomic E-state index is 0.261. The maximum absolute atomic E-state index is 12.5. The van der Waals surface area contributed by atoms with Crippen LogP contribution in [0.1, 0.15) is 31.2 Å². The van der Waals surface area contributed by atoms with E-state index in [1.165, 1.54) is 12.8 Å². The van der Waals surface area contributed by atoms with Crippen LogP contribution in [0.3, 0.4) is 0 Å². The molecule has 0 radical (unpaired) electrons. The highest BCUT2D eigenvalue weighted by atomic mass is 35.5. The van der Waals surface area contributed by atoms with Crippen LogP contribution in [0.15, 0.2) is 18.2 Å². The third-order valence-electron chi connectivity index (χ3n) is 5.08. The van der Waals surface area contributed by atoms with Crippen molar-refractivity contribution in [2.45, 2.75) is 32.2 Å². The Morgan fingerprint density at radius 2 is 1.92 bits per heavy atom. The Bertz CT molecular complexity index is 594. The van der Waals surface area contributed by atoms with E-state index in [4.69, 9.17) is 11.6 Å². The first-order valence-electron chi connectivity index (χ1n) is 8.67. The lowest BCUT2D eigenvalue weighted by molar-refractivity contribution is -0.137. The molecule has 2 aliphatic rings. The topological polar surface area (TPSA) is 52.7 Å². The summed E-state index contributed by atoms with van der Waals surface area (Å²) in [7, 11) is 0. The van der Waals surface area contributed by atoms with Crippen LogP contribution < -0.4 is 5.32 Å². The quantitative estimate of drug-likeness (QED) is 0.832. The molecule has 1 aromatic carbocycles. The number of amides is 2. The number of hydrogen-bond acceptors (Lipinski definition) is 3. The summed E-state index contributed by atoms with van der Waals surface area (Å²) in [6.45, 7) is 4.04. The Kier molecular flexibility index (Phi) is 5.74. The average Bonchev–Trinajstić information content (AvgIpc) is 3.13. The van der Waals surface area contributed by atoms with Crippen molar-refractivity contribution in [2.75, 3.05) is 31.5 Å². The summed E-state index contributed by atoms with van der Waals surface area (Å²) in [6, 6.07) is 5.67. The van der Waals surface area contributed by atoms with Gasteiger partial charge >= 0.3 is 0 Å². The van der Waals surface area contributed by atoms with Crippen LogP contribution in [0.5, 0.6) is 0 Å². The average molecular weight is 350 g/mol. The van der Waals surface area contributed by atoms with Crippen molar-refractivity contribution >= 4 is 29.6 Å². The molecule has 0 aromatic heterocycles. The van der Waals surface area contributed by atoms with E-state index in [-0.39, 0.29) is 5.92 Å². The van der Waals surface area contributed by atoms with Crippen LogP contribution in [0, 0.1) is 5.92 Å². The molecule has 0 unspecified atom stereocenters. The summed E-state index contributed by atoms with van der Waals surface area (Å²) < 4.78 is 0. The third kappa shape index (κ3) is 3.90. The zero-order valence-corrected chi connectivity index (χ0v) is 14.6. The molecule has 3 rings (SSSR count). The van der Waals surface area contributed by atoms with Crippen molar-refractivity contribution in [3.05, 3.63) is 28.8 Å². The van der Waals surface area contributed by atoms with Crippen LogP contribution in [0.2, 0.25) is 5.02 Å². The van der Waals surface area contributed by atoms with Gasteiger partial charge in [-0.15, -0.1) is 0 Å². The first kappa shape index (κ1) is 17.2. The van der Waals surface area contributed by atoms with Crippen molar-refractivity contribution in [3.8, 4) is 0 Å². The predicted molar refractivity (Wildman–Crippen MR) is 95.0 cm³/mol. The first-order chi connectivity index (χ1) is 11.7. The van der Waals surface area contributed by atoms with Gasteiger partial charge in [-0.25, -0.2) is 0 Å². The van der Waals surface area contributed by atoms with Crippen molar-refractivity contribution in [2.24, 2.45) is 5.92 Å². The van der Waals surface area contributed by atoms with Gasteiger partial charge in [0.25, 0.3) is 0 Å². The highest BCUT2D eigenvalue weighted by Crippen LogP contribution is 2.28. The van der Waals surface area contributed by atoms with Crippen LogP contribution in [0.25, 0.3) is 0 Å². The van der Waals surface area contributed by atoms with Crippen molar-refractivity contribution in [3.63, 3.8) is 0 Å². The SMILES string of the molecule is O=CNc1cccc(CN2CCN(C(=O)C3CCCC3)CC2)c1Cl. The highest BCUT2D eigenvalue weighted by Gasteiger charge is 2.29. The Morgan fingerprint density at radius 1 is 1.21 bits per heavy atom. The number of carbonyl (C=O) groups is 2. The van der Waals surface area contributed by atoms with Gasteiger partial charge in [0.15, 0.2) is 0 Å². The molecule has 1 heterocycles. The number of halogens is 1. The van der Waals surface area contributed by atoms with Crippen LogP contribution in [0.4, 0.5) is 5.69 Å². The molecule has 24 heavy (non-hydrogen) atoms. The second-order valence-corrected chi connectivity index (χ2v) is 7.00. The second-order valence-electron chi connectivity index (χ2n) is 6.62. The van der Waals surface area contributed by atoms with Crippen LogP contribution >= 0.6 is 11.6 Å². The zero-order chi connectivity index (χ0) is 16.9. The van der Waals surface area contributed by atoms with E-state index in [2.05, 4.69) is 10.2 Å². The molecule has 0 spiro atoms. The molecule has 2 fully saturated rings. The summed E-state index contributed by atoms with van der Waals surface area (Å²) in [6.07, 6.45) is 5.15. The van der Waals surface area contributed by atoms with Gasteiger partial charge in [-0.05, 0) is 24.5 Å². The maximum Gasteiger partial charge on any atom is 0.225 e. The molecule has 2 amide bonds. The van der Waals surface area contributed by atoms with E-state index < -0.39 is 0 Å². The summed E-state index contributed by atoms with van der Waals surface area (Å²) in [5.41, 5.74) is 1.64. The Hall–Kier alpha value is -1.59. The minimum absolute atomic E-state index is 0.261. The van der Waals surface area contributed by atoms with Crippen molar-refractivity contribution in [1.29, 1.82) is 0 Å². The van der Waals surface area contributed by atoms with E-state index in [1.807, 2.05) is 17.0 Å². The summed E-state index contributed by atoms with van der Waals surface area (Å²) >= 11 is 6.36. The van der Waals surface area contributed by atoms with Crippen LogP contribution in [-0.4, -0.2) is 48.3 Å². The van der Waals surface area contributed by atoms with Crippen molar-refractivity contribution in [1.82, 2.24) is 9.80 Å². The molecule has 0 bridgehead atoms. The molecule has 1 N–H and O–H groups in total. The van der Waals surface area contributed by atoms with Gasteiger partial charge in [0.05, 0.1) is 10.7 Å². The standard InChI is InChI=1S/C18H24ClN3O2/c19-17-15(6-3-7-16(17)20-13-23)12-21-8-10-22(11-9-21)18(24)14-4-1-2-5-14/h3,6-7,13-14H,1-2,4-5,8-12H2,(H,20,23). The largest absolute Gasteiger partial charge is 0.340 e. The molecule has 1 aromatic rings. The number of rotatable bonds is 5. The molecule has 1 saturated heterocycles. The number of hydrogen-bond donors (Lipinski definition) is 1. The third-order valence-corrected chi connectivity index (χ3v) is 5.52. The summed E-state index contributed by atoms with van der Waals surface area (Å²) in [5.74, 6) is 0.611. The van der Waals surface area contributed by atoms with E-state index in [1.54, 1.807) is 6.07 Å². The molecule has 1 aliphatic carbocycles. The van der Waals surface area contributed by atoms with Gasteiger partial charge in [0, 0.05) is 38.6 Å². The molecule has 6 heteroatoms. The smallest absolute Gasteiger partial charge is 0.225 e. The lowest BCUT2D eigenvalue weighted by atomic mass is 10.1. The number of nitrogens with zero attached hydrogens (tertiary/aromatic N) is 2. The van der Waals surface area contributed by atoms with E-state index in [0.717, 1.165) is 51.1 Å². The van der Waals surface area contributed by atoms with Gasteiger partial charge in [-0.2, -0.15) is 0 Å². The zero-order valence-electron chi connectivity index (χ0n) is 13.8. The van der Waals surface area contributed by atoms with Gasteiger partial charge in [-0.1, -0.05) is 36.6 Å². The van der Waals surface area contributed by atoms with Gasteiger partial charge < -0.3 is 10.2 Å². The van der Waals surface area contributed by atoms with E-state index >= 15 is 0 Å². The second kappa shape index (κ2) is 7.99. The van der Waals surface area contributed by atoms with Gasteiger partial charge in [-0.3, -0.25) is 14.5 Å². The van der Waals surface area contributed by atoms with E-state index in [0.29, 0.717) is 23.0 Å². The molecular formula is C18H24ClN3O2. The number of anilines is 1. The fourth-order valence-corrected chi connectivity index (χ4v) is 3.92. The summed E-state index contributed by atoms with van der Waals surface area (Å²) in [5, 5.41) is 3.21. The number of carbonyl (C=O) groups excluding carboxylic acids is 2. The normalized spacial score (nSPS) is 19.5. The van der Waals surface area contributed by atoms with Crippen LogP contribution in [-0.2, 0) is 16.1 Å². The lowest BCUT2D eigenvalue weighted by Crippen LogP contribution is -2.49. The summed E-state index contributed by atoms with van der Waals surface area (Å²) in [4.78, 5) is 27.4. The predicted octanol–water partition coefficient (Wildman–Crippen LogP) is 2.74. The Labute approximate surface area is 147 Å². The number of benzene rings is 1. The fourth-order valence-electron chi connectivity index (χ4n) is 3.68. The minimum Gasteiger partial charge on any atom is -0.340 e. The lowest BCUT2D eigenvalue weighted by Gasteiger charge is -2.36. The van der Waals surface area contributed by atoms with Crippen molar-refractivity contribution < 1.29 is 9.59 Å². The van der Waals surface area contributed by atoms with E-state index in [9.17, 15) is 9.59 Å². The van der Waals surface area contributed by atoms with Gasteiger partial charge in [0.2, 0.25) is 12.3 Å².